The molecule has 0 spiro atoms. The van der Waals surface area contributed by atoms with Crippen molar-refractivity contribution in [1.82, 2.24) is 29.9 Å². The van der Waals surface area contributed by atoms with Crippen molar-refractivity contribution in [2.24, 2.45) is 0 Å². The zero-order valence-electron chi connectivity index (χ0n) is 58.1. The molecule has 0 unspecified atom stereocenters. The Labute approximate surface area is 545 Å². The molecule has 6 nitrogen and oxygen atoms in total. The summed E-state index contributed by atoms with van der Waals surface area (Å²) >= 11 is 0. The Morgan fingerprint density at radius 1 is 0.247 bits per heavy atom. The molecule has 0 saturated carbocycles. The minimum Gasteiger partial charge on any atom is -0.657 e. The largest absolute Gasteiger partial charge is 2.00 e. The Balaban J connectivity index is 0.00000873. The van der Waals surface area contributed by atoms with Crippen LogP contribution in [0.4, 0.5) is 0 Å². The predicted molar refractivity (Wildman–Crippen MR) is 377 cm³/mol. The fraction of sp³-hybridized carbons (Fsp3) is 0.390. The van der Waals surface area contributed by atoms with Crippen LogP contribution < -0.4 is 9.97 Å². The summed E-state index contributed by atoms with van der Waals surface area (Å²) in [5.74, 6) is 0. The molecule has 0 N–H and O–H groups in total. The smallest absolute Gasteiger partial charge is 0.657 e. The van der Waals surface area contributed by atoms with Crippen molar-refractivity contribution < 1.29 is 19.5 Å². The van der Waals surface area contributed by atoms with Crippen LogP contribution in [0.5, 0.6) is 0 Å². The van der Waals surface area contributed by atoms with Gasteiger partial charge in [-0.3, -0.25) is 0 Å². The van der Waals surface area contributed by atoms with Crippen molar-refractivity contribution >= 4 is 45.3 Å². The van der Waals surface area contributed by atoms with Crippen LogP contribution in [0.1, 0.15) is 222 Å². The van der Waals surface area contributed by atoms with E-state index in [1.807, 2.05) is 12.1 Å². The Kier molecular flexibility index (Phi) is 16.1. The molecule has 5 aromatic carbocycles. The fourth-order valence-electron chi connectivity index (χ4n) is 12.0. The Bertz CT molecular complexity index is 4090. The van der Waals surface area contributed by atoms with Gasteiger partial charge >= 0.3 is 19.5 Å². The summed E-state index contributed by atoms with van der Waals surface area (Å²) in [5, 5.41) is 0. The van der Waals surface area contributed by atoms with Crippen molar-refractivity contribution in [3.8, 4) is 67.3 Å². The third kappa shape index (κ3) is 12.7. The van der Waals surface area contributed by atoms with Crippen molar-refractivity contribution in [3.63, 3.8) is 0 Å². The molecular formula is C82H94N6Zn. The topological polar surface area (TPSA) is 79.8 Å². The molecule has 7 heteroatoms. The molecule has 2 aliphatic heterocycles. The summed E-state index contributed by atoms with van der Waals surface area (Å²) in [6, 6.07) is 45.7. The summed E-state index contributed by atoms with van der Waals surface area (Å²) < 4.78 is 0. The van der Waals surface area contributed by atoms with Gasteiger partial charge in [-0.2, -0.15) is 0 Å². The van der Waals surface area contributed by atoms with Crippen LogP contribution in [-0.4, -0.2) is 19.9 Å². The van der Waals surface area contributed by atoms with Crippen LogP contribution in [0.25, 0.3) is 113 Å². The van der Waals surface area contributed by atoms with Gasteiger partial charge in [0.2, 0.25) is 0 Å². The standard InChI is InChI=1S/C82H94N6.Zn/c1-75(2,3)51-35-47(36-52(43-51)76(4,5)6)67-61-29-30-62(83-61)68(48-37-53(77(7,8)9)44-54(38-48)78(10,11)12)64-32-34-66(85-64)70(50-41-57(81(19,20)21)46-58(42-50)82(22,23)24)72-74-73(86-59-27-25-26-28-60(59)87-74)71(88-72)69(65-33-31-63(67)84-65)49-39-55(79(13,14)15)45-56(40-49)80(16,17)18;/h25-46H,1-24H3;/q-2;+2. The summed E-state index contributed by atoms with van der Waals surface area (Å²) in [5.41, 5.74) is 25.9. The number of fused-ring (bicyclic) bond motifs is 12. The van der Waals surface area contributed by atoms with E-state index >= 15 is 0 Å². The minimum absolute atomic E-state index is 0. The maximum absolute atomic E-state index is 6.11. The molecule has 0 atom stereocenters. The number of hydrogen-bond acceptors (Lipinski definition) is 4. The number of aromatic nitrogens is 6. The molecule has 0 amide bonds. The van der Waals surface area contributed by atoms with Gasteiger partial charge in [-0.1, -0.05) is 275 Å². The molecule has 0 aliphatic carbocycles. The fourth-order valence-corrected chi connectivity index (χ4v) is 12.0. The second-order valence-corrected chi connectivity index (χ2v) is 33.6. The van der Waals surface area contributed by atoms with Gasteiger partial charge in [-0.15, -0.1) is 22.1 Å². The summed E-state index contributed by atoms with van der Waals surface area (Å²) in [6.45, 7) is 55.4. The molecule has 0 saturated heterocycles. The Morgan fingerprint density at radius 3 is 0.708 bits per heavy atom. The number of hydrogen-bond donors (Lipinski definition) is 0. The summed E-state index contributed by atoms with van der Waals surface area (Å²) in [4.78, 5) is 35.3. The molecule has 11 rings (SSSR count). The SMILES string of the molecule is CC(C)(C)c1cc(-c2c3nc(c(-c4cc(C(C)(C)C)cc(C(C)(C)C)c4)c4ccc([n-]4)c(-c4cc(C(C)(C)C)cc(C(C)(C)C)c4)c4nc(c(-c5cc(C(C)(C)C)cc(C(C)(C)C)c5)c5ccc2[n-]5)-c2nc5ccccc5nc2-4)C=C3)cc(C(C)(C)C)c1.[Zn+2]. The third-order valence-electron chi connectivity index (χ3n) is 18.0. The average Bonchev–Trinajstić information content (AvgIpc) is 1.63. The van der Waals surface area contributed by atoms with Crippen LogP contribution in [0.15, 0.2) is 121 Å². The zero-order valence-corrected chi connectivity index (χ0v) is 61.1. The average molecular weight is 1230 g/mol. The Morgan fingerprint density at radius 2 is 0.472 bits per heavy atom. The molecule has 8 bridgehead atoms. The Hall–Kier alpha value is -7.08. The first-order chi connectivity index (χ1) is 40.6. The summed E-state index contributed by atoms with van der Waals surface area (Å²) in [7, 11) is 0. The minimum atomic E-state index is -0.184. The van der Waals surface area contributed by atoms with Crippen molar-refractivity contribution in [2.75, 3.05) is 0 Å². The molecule has 0 radical (unpaired) electrons. The first-order valence-electron chi connectivity index (χ1n) is 31.9. The van der Waals surface area contributed by atoms with Crippen LogP contribution in [0.2, 0.25) is 0 Å². The molecule has 9 aromatic rings. The van der Waals surface area contributed by atoms with Crippen LogP contribution in [-0.2, 0) is 62.8 Å². The van der Waals surface area contributed by atoms with E-state index in [-0.39, 0.29) is 62.8 Å². The predicted octanol–water partition coefficient (Wildman–Crippen LogP) is 22.1. The third-order valence-corrected chi connectivity index (χ3v) is 18.0. The maximum atomic E-state index is 6.11. The molecule has 4 aromatic heterocycles. The number of para-hydroxylation sites is 2. The number of rotatable bonds is 4. The molecule has 89 heavy (non-hydrogen) atoms. The zero-order chi connectivity index (χ0) is 64.0. The summed E-state index contributed by atoms with van der Waals surface area (Å²) in [6.07, 6.45) is 4.43. The molecule has 454 valence electrons. The van der Waals surface area contributed by atoms with Gasteiger partial charge in [0, 0.05) is 0 Å². The van der Waals surface area contributed by atoms with Gasteiger partial charge in [-0.05, 0) is 157 Å². The van der Waals surface area contributed by atoms with E-state index < -0.39 is 0 Å². The van der Waals surface area contributed by atoms with E-state index in [0.717, 1.165) is 100 Å². The number of nitrogens with zero attached hydrogens (tertiary/aromatic N) is 6. The molecule has 0 fully saturated rings. The van der Waals surface area contributed by atoms with Crippen LogP contribution in [0, 0.1) is 0 Å². The van der Waals surface area contributed by atoms with E-state index in [0.29, 0.717) is 11.4 Å². The second kappa shape index (κ2) is 22.1. The van der Waals surface area contributed by atoms with E-state index in [9.17, 15) is 0 Å². The second-order valence-electron chi connectivity index (χ2n) is 33.6. The first kappa shape index (κ1) is 64.9. The van der Waals surface area contributed by atoms with Crippen molar-refractivity contribution in [3.05, 3.63) is 177 Å². The molecular weight excluding hydrogens is 1130 g/mol. The van der Waals surface area contributed by atoms with E-state index in [4.69, 9.17) is 29.9 Å². The van der Waals surface area contributed by atoms with Crippen molar-refractivity contribution in [2.45, 2.75) is 209 Å². The van der Waals surface area contributed by atoms with E-state index in [1.54, 1.807) is 0 Å². The van der Waals surface area contributed by atoms with Crippen LogP contribution >= 0.6 is 0 Å². The van der Waals surface area contributed by atoms with Gasteiger partial charge in [0.1, 0.15) is 11.4 Å². The first-order valence-corrected chi connectivity index (χ1v) is 31.9. The normalized spacial score (nSPS) is 13.5. The van der Waals surface area contributed by atoms with Gasteiger partial charge in [0.25, 0.3) is 0 Å². The number of benzene rings is 5. The monoisotopic (exact) mass is 1230 g/mol. The van der Waals surface area contributed by atoms with Gasteiger partial charge in [-0.25, -0.2) is 19.9 Å². The maximum Gasteiger partial charge on any atom is 2.00 e. The van der Waals surface area contributed by atoms with Crippen LogP contribution in [0.3, 0.4) is 0 Å². The van der Waals surface area contributed by atoms with Crippen molar-refractivity contribution in [1.29, 1.82) is 0 Å². The molecule has 6 heterocycles. The van der Waals surface area contributed by atoms with Gasteiger partial charge in [0.15, 0.2) is 0 Å². The van der Waals surface area contributed by atoms with Gasteiger partial charge in [0.05, 0.1) is 33.8 Å². The quantitative estimate of drug-likeness (QED) is 0.163. The van der Waals surface area contributed by atoms with E-state index in [1.165, 1.54) is 44.5 Å². The van der Waals surface area contributed by atoms with E-state index in [2.05, 4.69) is 288 Å². The molecule has 2 aliphatic rings. The van der Waals surface area contributed by atoms with Gasteiger partial charge < -0.3 is 9.97 Å².